The third-order valence-electron chi connectivity index (χ3n) is 5.28. The largest absolute Gasteiger partial charge is 0.381 e. The molecule has 26 heavy (non-hydrogen) atoms. The molecule has 5 heteroatoms. The lowest BCUT2D eigenvalue weighted by atomic mass is 9.88. The zero-order valence-corrected chi connectivity index (χ0v) is 16.9. The van der Waals surface area contributed by atoms with E-state index in [0.717, 1.165) is 45.1 Å². The number of hydrogen-bond donors (Lipinski definition) is 2. The fraction of sp³-hybridized carbons (Fsp3) is 0.667. The summed E-state index contributed by atoms with van der Waals surface area (Å²) in [7, 11) is 3.98. The Balaban J connectivity index is 2.01. The fourth-order valence-corrected chi connectivity index (χ4v) is 3.55. The van der Waals surface area contributed by atoms with E-state index < -0.39 is 0 Å². The Hall–Kier alpha value is -1.59. The van der Waals surface area contributed by atoms with Crippen LogP contribution in [0, 0.1) is 0 Å². The molecule has 0 spiro atoms. The molecule has 1 aromatic carbocycles. The molecular formula is C21H36N4O. The molecule has 5 nitrogen and oxygen atoms in total. The second-order valence-electron chi connectivity index (χ2n) is 7.35. The van der Waals surface area contributed by atoms with Crippen LogP contribution in [0.25, 0.3) is 0 Å². The average Bonchev–Trinajstić information content (AvgIpc) is 2.68. The lowest BCUT2D eigenvalue weighted by molar-refractivity contribution is 0.0353. The summed E-state index contributed by atoms with van der Waals surface area (Å²) in [5, 5.41) is 7.50. The Kier molecular flexibility index (Phi) is 8.39. The van der Waals surface area contributed by atoms with Gasteiger partial charge in [0, 0.05) is 52.0 Å². The molecule has 0 bridgehead atoms. The van der Waals surface area contributed by atoms with Crippen LogP contribution in [-0.4, -0.2) is 56.8 Å². The van der Waals surface area contributed by atoms with Crippen molar-refractivity contribution in [2.24, 2.45) is 4.99 Å². The highest BCUT2D eigenvalue weighted by molar-refractivity contribution is 5.79. The van der Waals surface area contributed by atoms with Crippen molar-refractivity contribution in [1.29, 1.82) is 0 Å². The minimum absolute atomic E-state index is 0.0229. The third kappa shape index (κ3) is 5.99. The summed E-state index contributed by atoms with van der Waals surface area (Å²) in [4.78, 5) is 6.69. The van der Waals surface area contributed by atoms with Crippen LogP contribution in [0.4, 0.5) is 0 Å². The lowest BCUT2D eigenvalue weighted by Crippen LogP contribution is -2.58. The van der Waals surface area contributed by atoms with Crippen molar-refractivity contribution in [3.05, 3.63) is 35.9 Å². The van der Waals surface area contributed by atoms with Gasteiger partial charge in [-0.3, -0.25) is 4.99 Å². The minimum Gasteiger partial charge on any atom is -0.381 e. The molecule has 1 aliphatic heterocycles. The zero-order valence-electron chi connectivity index (χ0n) is 16.9. The van der Waals surface area contributed by atoms with Gasteiger partial charge >= 0.3 is 0 Å². The van der Waals surface area contributed by atoms with E-state index in [-0.39, 0.29) is 5.54 Å². The molecule has 1 atom stereocenters. The van der Waals surface area contributed by atoms with E-state index in [1.807, 2.05) is 7.05 Å². The van der Waals surface area contributed by atoms with Crippen molar-refractivity contribution in [2.75, 3.05) is 40.4 Å². The summed E-state index contributed by atoms with van der Waals surface area (Å²) in [6, 6.07) is 11.0. The molecule has 0 saturated carbocycles. The number of guanidine groups is 1. The highest BCUT2D eigenvalue weighted by Crippen LogP contribution is 2.25. The maximum atomic E-state index is 5.64. The third-order valence-corrected chi connectivity index (χ3v) is 5.28. The molecule has 1 saturated heterocycles. The van der Waals surface area contributed by atoms with Gasteiger partial charge in [-0.1, -0.05) is 43.7 Å². The maximum absolute atomic E-state index is 5.64. The minimum atomic E-state index is 0.0229. The number of nitrogens with zero attached hydrogens (tertiary/aromatic N) is 2. The molecule has 146 valence electrons. The molecular weight excluding hydrogens is 324 g/mol. The van der Waals surface area contributed by atoms with Crippen molar-refractivity contribution in [1.82, 2.24) is 15.5 Å². The summed E-state index contributed by atoms with van der Waals surface area (Å²) < 4.78 is 5.64. The van der Waals surface area contributed by atoms with Crippen molar-refractivity contribution >= 4 is 5.96 Å². The molecule has 1 heterocycles. The zero-order chi connectivity index (χ0) is 18.8. The molecule has 1 unspecified atom stereocenters. The first-order valence-electron chi connectivity index (χ1n) is 9.92. The summed E-state index contributed by atoms with van der Waals surface area (Å²) >= 11 is 0. The van der Waals surface area contributed by atoms with Crippen LogP contribution < -0.4 is 10.6 Å². The number of nitrogens with one attached hydrogen (secondary N) is 2. The standard InChI is InChI=1S/C21H36N4O/c1-5-6-14-25(4)20(22-3)23-17-21(12-15-26-16-13-21)24-18(2)19-10-8-7-9-11-19/h7-11,18,24H,5-6,12-17H2,1-4H3,(H,22,23). The summed E-state index contributed by atoms with van der Waals surface area (Å²) in [6.07, 6.45) is 4.39. The van der Waals surface area contributed by atoms with E-state index in [4.69, 9.17) is 4.74 Å². The van der Waals surface area contributed by atoms with Gasteiger partial charge in [0.25, 0.3) is 0 Å². The predicted molar refractivity (Wildman–Crippen MR) is 110 cm³/mol. The van der Waals surface area contributed by atoms with E-state index in [9.17, 15) is 0 Å². The van der Waals surface area contributed by atoms with Gasteiger partial charge in [-0.25, -0.2) is 0 Å². The van der Waals surface area contributed by atoms with Crippen molar-refractivity contribution < 1.29 is 4.74 Å². The number of rotatable bonds is 8. The lowest BCUT2D eigenvalue weighted by Gasteiger charge is -2.41. The van der Waals surface area contributed by atoms with Gasteiger partial charge in [0.1, 0.15) is 0 Å². The molecule has 1 aromatic rings. The molecule has 1 fully saturated rings. The second kappa shape index (κ2) is 10.5. The molecule has 0 aromatic heterocycles. The Bertz CT molecular complexity index is 540. The van der Waals surface area contributed by atoms with Gasteiger partial charge in [0.05, 0.1) is 0 Å². The van der Waals surface area contributed by atoms with Gasteiger partial charge in [-0.15, -0.1) is 0 Å². The van der Waals surface area contributed by atoms with E-state index in [0.29, 0.717) is 6.04 Å². The highest BCUT2D eigenvalue weighted by atomic mass is 16.5. The first-order valence-corrected chi connectivity index (χ1v) is 9.92. The van der Waals surface area contributed by atoms with Gasteiger partial charge < -0.3 is 20.3 Å². The number of hydrogen-bond acceptors (Lipinski definition) is 3. The Labute approximate surface area is 159 Å². The number of ether oxygens (including phenoxy) is 1. The number of aliphatic imine (C=N–C) groups is 1. The van der Waals surface area contributed by atoms with Gasteiger partial charge in [-0.05, 0) is 31.7 Å². The highest BCUT2D eigenvalue weighted by Gasteiger charge is 2.34. The molecule has 1 aliphatic rings. The quantitative estimate of drug-likeness (QED) is 0.552. The normalized spacial score (nSPS) is 18.4. The van der Waals surface area contributed by atoms with Crippen LogP contribution in [0.1, 0.15) is 51.1 Å². The summed E-state index contributed by atoms with van der Waals surface area (Å²) in [5.41, 5.74) is 1.34. The van der Waals surface area contributed by atoms with E-state index >= 15 is 0 Å². The van der Waals surface area contributed by atoms with E-state index in [1.54, 1.807) is 0 Å². The van der Waals surface area contributed by atoms with Crippen molar-refractivity contribution in [3.63, 3.8) is 0 Å². The Morgan fingerprint density at radius 2 is 1.96 bits per heavy atom. The summed E-state index contributed by atoms with van der Waals surface area (Å²) in [5.74, 6) is 0.971. The molecule has 2 rings (SSSR count). The molecule has 0 aliphatic carbocycles. The monoisotopic (exact) mass is 360 g/mol. The second-order valence-corrected chi connectivity index (χ2v) is 7.35. The summed E-state index contributed by atoms with van der Waals surface area (Å²) in [6.45, 7) is 7.96. The van der Waals surface area contributed by atoms with Crippen LogP contribution in [0.2, 0.25) is 0 Å². The van der Waals surface area contributed by atoms with E-state index in [2.05, 4.69) is 71.8 Å². The first kappa shape index (κ1) is 20.7. The van der Waals surface area contributed by atoms with Crippen molar-refractivity contribution in [2.45, 2.75) is 51.1 Å². The van der Waals surface area contributed by atoms with Crippen LogP contribution in [0.15, 0.2) is 35.3 Å². The van der Waals surface area contributed by atoms with Gasteiger partial charge in [0.2, 0.25) is 0 Å². The SMILES string of the molecule is CCCCN(C)C(=NC)NCC1(NC(C)c2ccccc2)CCOCC1. The van der Waals surface area contributed by atoms with Gasteiger partial charge in [-0.2, -0.15) is 0 Å². The van der Waals surface area contributed by atoms with Gasteiger partial charge in [0.15, 0.2) is 5.96 Å². The topological polar surface area (TPSA) is 48.9 Å². The predicted octanol–water partition coefficient (Wildman–Crippen LogP) is 3.19. The first-order chi connectivity index (χ1) is 12.6. The number of unbranched alkanes of at least 4 members (excludes halogenated alkanes) is 1. The van der Waals surface area contributed by atoms with Crippen LogP contribution in [0.3, 0.4) is 0 Å². The average molecular weight is 361 g/mol. The Morgan fingerprint density at radius 1 is 1.27 bits per heavy atom. The number of benzene rings is 1. The van der Waals surface area contributed by atoms with Crippen LogP contribution in [-0.2, 0) is 4.74 Å². The van der Waals surface area contributed by atoms with E-state index in [1.165, 1.54) is 18.4 Å². The van der Waals surface area contributed by atoms with Crippen molar-refractivity contribution in [3.8, 4) is 0 Å². The Morgan fingerprint density at radius 3 is 2.58 bits per heavy atom. The maximum Gasteiger partial charge on any atom is 0.193 e. The molecule has 0 amide bonds. The molecule has 0 radical (unpaired) electrons. The van der Waals surface area contributed by atoms with Crippen LogP contribution in [0.5, 0.6) is 0 Å². The molecule has 2 N–H and O–H groups in total. The fourth-order valence-electron chi connectivity index (χ4n) is 3.55. The van der Waals surface area contributed by atoms with Crippen LogP contribution >= 0.6 is 0 Å². The smallest absolute Gasteiger partial charge is 0.193 e.